The number of fused-ring (bicyclic) bond motifs is 4. The fraction of sp³-hybridized carbons (Fsp3) is 0.192. The summed E-state index contributed by atoms with van der Waals surface area (Å²) in [6.07, 6.45) is 1.84. The molecule has 0 atom stereocenters. The molecule has 144 valence electrons. The molecule has 0 bridgehead atoms. The van der Waals surface area contributed by atoms with Crippen LogP contribution in [0.25, 0.3) is 42.2 Å². The predicted octanol–water partition coefficient (Wildman–Crippen LogP) is 8.01. The summed E-state index contributed by atoms with van der Waals surface area (Å²) in [6.45, 7) is 8.54. The average Bonchev–Trinajstić information content (AvgIpc) is 3.08. The monoisotopic (exact) mass is 399 g/mol. The number of pyridine rings is 1. The van der Waals surface area contributed by atoms with Gasteiger partial charge in [0.1, 0.15) is 5.82 Å². The average molecular weight is 400 g/mol. The van der Waals surface area contributed by atoms with Gasteiger partial charge in [-0.15, -0.1) is 11.3 Å². The third kappa shape index (κ3) is 2.84. The van der Waals surface area contributed by atoms with Crippen LogP contribution in [0.3, 0.4) is 0 Å². The van der Waals surface area contributed by atoms with Gasteiger partial charge in [0.05, 0.1) is 15.1 Å². The third-order valence-corrected chi connectivity index (χ3v) is 6.85. The highest BCUT2D eigenvalue weighted by Gasteiger charge is 2.20. The van der Waals surface area contributed by atoms with Crippen LogP contribution in [0, 0.1) is 12.7 Å². The number of benzene rings is 3. The summed E-state index contributed by atoms with van der Waals surface area (Å²) in [5.74, 6) is -0.122. The Balaban J connectivity index is 1.87. The number of nitrogens with zero attached hydrogens (tertiary/aromatic N) is 1. The number of rotatable bonds is 1. The minimum Gasteiger partial charge on any atom is -0.255 e. The Bertz CT molecular complexity index is 1410. The molecule has 0 fully saturated rings. The van der Waals surface area contributed by atoms with E-state index in [1.54, 1.807) is 0 Å². The lowest BCUT2D eigenvalue weighted by molar-refractivity contribution is 0.596. The second-order valence-corrected chi connectivity index (χ2v) is 9.73. The Labute approximate surface area is 173 Å². The minimum atomic E-state index is -0.122. The molecule has 3 heteroatoms. The van der Waals surface area contributed by atoms with Gasteiger partial charge in [0.2, 0.25) is 0 Å². The van der Waals surface area contributed by atoms with Crippen LogP contribution in [-0.2, 0) is 5.41 Å². The molecular formula is C26H22FNS. The van der Waals surface area contributed by atoms with Crippen LogP contribution in [0.5, 0.6) is 0 Å². The quantitative estimate of drug-likeness (QED) is 0.278. The SMILES string of the molecule is Cc1ccc2c(sc3c(-c4cc(C(C)(C)C)c5ccccc5c4)nccc32)c1F. The maximum absolute atomic E-state index is 14.8. The van der Waals surface area contributed by atoms with E-state index in [4.69, 9.17) is 4.98 Å². The molecule has 0 saturated carbocycles. The smallest absolute Gasteiger partial charge is 0.143 e. The van der Waals surface area contributed by atoms with Gasteiger partial charge in [-0.3, -0.25) is 4.98 Å². The van der Waals surface area contributed by atoms with Crippen LogP contribution in [0.2, 0.25) is 0 Å². The largest absolute Gasteiger partial charge is 0.255 e. The van der Waals surface area contributed by atoms with Crippen LogP contribution in [0.1, 0.15) is 31.9 Å². The van der Waals surface area contributed by atoms with Crippen molar-refractivity contribution in [2.75, 3.05) is 0 Å². The van der Waals surface area contributed by atoms with Gasteiger partial charge < -0.3 is 0 Å². The highest BCUT2D eigenvalue weighted by molar-refractivity contribution is 7.26. The van der Waals surface area contributed by atoms with Crippen molar-refractivity contribution in [1.82, 2.24) is 4.98 Å². The van der Waals surface area contributed by atoms with Gasteiger partial charge in [-0.25, -0.2) is 4.39 Å². The van der Waals surface area contributed by atoms with Crippen molar-refractivity contribution in [3.63, 3.8) is 0 Å². The first-order chi connectivity index (χ1) is 13.8. The van der Waals surface area contributed by atoms with E-state index in [9.17, 15) is 4.39 Å². The van der Waals surface area contributed by atoms with Crippen LogP contribution in [0.15, 0.2) is 60.8 Å². The first kappa shape index (κ1) is 18.3. The summed E-state index contributed by atoms with van der Waals surface area (Å²) >= 11 is 1.51. The Morgan fingerprint density at radius 3 is 2.41 bits per heavy atom. The summed E-state index contributed by atoms with van der Waals surface area (Å²) < 4.78 is 16.5. The van der Waals surface area contributed by atoms with Crippen molar-refractivity contribution in [2.45, 2.75) is 33.1 Å². The summed E-state index contributed by atoms with van der Waals surface area (Å²) in [5.41, 5.74) is 4.00. The Morgan fingerprint density at radius 1 is 0.862 bits per heavy atom. The Morgan fingerprint density at radius 2 is 1.62 bits per heavy atom. The molecule has 0 radical (unpaired) electrons. The molecule has 1 nitrogen and oxygen atoms in total. The molecule has 0 spiro atoms. The van der Waals surface area contributed by atoms with Gasteiger partial charge in [0, 0.05) is 22.5 Å². The molecule has 2 heterocycles. The van der Waals surface area contributed by atoms with Gasteiger partial charge in [0.25, 0.3) is 0 Å². The second kappa shape index (κ2) is 6.36. The number of halogens is 1. The molecule has 0 N–H and O–H groups in total. The molecule has 0 saturated heterocycles. The summed E-state index contributed by atoms with van der Waals surface area (Å²) in [6, 6.07) is 18.9. The summed E-state index contributed by atoms with van der Waals surface area (Å²) in [7, 11) is 0. The Hall–Kier alpha value is -2.78. The fourth-order valence-corrected chi connectivity index (χ4v) is 5.40. The zero-order chi connectivity index (χ0) is 20.3. The van der Waals surface area contributed by atoms with Crippen molar-refractivity contribution >= 4 is 42.3 Å². The summed E-state index contributed by atoms with van der Waals surface area (Å²) in [5, 5.41) is 4.51. The van der Waals surface area contributed by atoms with E-state index >= 15 is 0 Å². The fourth-order valence-electron chi connectivity index (χ4n) is 4.11. The molecule has 0 aliphatic rings. The first-order valence-electron chi connectivity index (χ1n) is 9.84. The number of aryl methyl sites for hydroxylation is 1. The second-order valence-electron chi connectivity index (χ2n) is 8.71. The zero-order valence-electron chi connectivity index (χ0n) is 17.0. The number of hydrogen-bond acceptors (Lipinski definition) is 2. The van der Waals surface area contributed by atoms with E-state index in [-0.39, 0.29) is 11.2 Å². The van der Waals surface area contributed by atoms with Crippen LogP contribution in [-0.4, -0.2) is 4.98 Å². The lowest BCUT2D eigenvalue weighted by Crippen LogP contribution is -2.12. The maximum atomic E-state index is 14.8. The minimum absolute atomic E-state index is 0.00684. The molecule has 0 amide bonds. The third-order valence-electron chi connectivity index (χ3n) is 5.63. The van der Waals surface area contributed by atoms with Crippen molar-refractivity contribution in [3.8, 4) is 11.3 Å². The van der Waals surface area contributed by atoms with Crippen LogP contribution in [0.4, 0.5) is 4.39 Å². The molecule has 0 unspecified atom stereocenters. The van der Waals surface area contributed by atoms with E-state index in [0.717, 1.165) is 26.7 Å². The highest BCUT2D eigenvalue weighted by Crippen LogP contribution is 2.42. The van der Waals surface area contributed by atoms with Crippen molar-refractivity contribution < 1.29 is 4.39 Å². The first-order valence-corrected chi connectivity index (χ1v) is 10.7. The van der Waals surface area contributed by atoms with Crippen molar-refractivity contribution in [1.29, 1.82) is 0 Å². The number of aromatic nitrogens is 1. The molecule has 2 aromatic heterocycles. The van der Waals surface area contributed by atoms with E-state index in [1.807, 2.05) is 31.3 Å². The standard InChI is InChI=1S/C26H22FNS/c1-15-9-10-19-20-11-12-28-23(25(20)29-24(19)22(15)27)17-13-16-7-5-6-8-18(16)21(14-17)26(2,3)4/h5-14H,1-4H3. The van der Waals surface area contributed by atoms with Crippen molar-refractivity contribution in [3.05, 3.63) is 77.7 Å². The lowest BCUT2D eigenvalue weighted by Gasteiger charge is -2.22. The number of thiophene rings is 1. The molecule has 0 aliphatic carbocycles. The molecular weight excluding hydrogens is 377 g/mol. The van der Waals surface area contributed by atoms with E-state index in [2.05, 4.69) is 57.2 Å². The van der Waals surface area contributed by atoms with E-state index < -0.39 is 0 Å². The normalized spacial score (nSPS) is 12.3. The van der Waals surface area contributed by atoms with Gasteiger partial charge in [-0.05, 0) is 52.4 Å². The van der Waals surface area contributed by atoms with Gasteiger partial charge in [-0.1, -0.05) is 57.2 Å². The van der Waals surface area contributed by atoms with Crippen LogP contribution < -0.4 is 0 Å². The zero-order valence-corrected chi connectivity index (χ0v) is 17.8. The number of hydrogen-bond donors (Lipinski definition) is 0. The molecule has 0 aliphatic heterocycles. The molecule has 5 aromatic rings. The highest BCUT2D eigenvalue weighted by atomic mass is 32.1. The molecule has 29 heavy (non-hydrogen) atoms. The van der Waals surface area contributed by atoms with Gasteiger partial charge in [-0.2, -0.15) is 0 Å². The van der Waals surface area contributed by atoms with Crippen molar-refractivity contribution in [2.24, 2.45) is 0 Å². The summed E-state index contributed by atoms with van der Waals surface area (Å²) in [4.78, 5) is 4.74. The van der Waals surface area contributed by atoms with Crippen LogP contribution >= 0.6 is 11.3 Å². The predicted molar refractivity (Wildman–Crippen MR) is 123 cm³/mol. The maximum Gasteiger partial charge on any atom is 0.143 e. The van der Waals surface area contributed by atoms with Gasteiger partial charge in [0.15, 0.2) is 0 Å². The van der Waals surface area contributed by atoms with E-state index in [1.165, 1.54) is 27.7 Å². The van der Waals surface area contributed by atoms with E-state index in [0.29, 0.717) is 10.3 Å². The Kier molecular flexibility index (Phi) is 4.01. The molecule has 3 aromatic carbocycles. The topological polar surface area (TPSA) is 12.9 Å². The lowest BCUT2D eigenvalue weighted by atomic mass is 9.82. The van der Waals surface area contributed by atoms with Gasteiger partial charge >= 0.3 is 0 Å². The molecule has 5 rings (SSSR count).